The maximum atomic E-state index is 12.5. The molecule has 1 amide bonds. The summed E-state index contributed by atoms with van der Waals surface area (Å²) in [6.45, 7) is 0. The molecule has 0 radical (unpaired) electrons. The predicted molar refractivity (Wildman–Crippen MR) is 94.7 cm³/mol. The van der Waals surface area contributed by atoms with Gasteiger partial charge in [-0.2, -0.15) is 0 Å². The number of para-hydroxylation sites is 2. The lowest BCUT2D eigenvalue weighted by Crippen LogP contribution is -2.20. The first-order valence-corrected chi connectivity index (χ1v) is 7.79. The van der Waals surface area contributed by atoms with Gasteiger partial charge in [0.15, 0.2) is 5.69 Å². The van der Waals surface area contributed by atoms with Crippen molar-refractivity contribution in [2.75, 3.05) is 5.32 Å². The van der Waals surface area contributed by atoms with Gasteiger partial charge in [-0.3, -0.25) is 14.9 Å². The van der Waals surface area contributed by atoms with Crippen LogP contribution in [0.4, 0.5) is 6.01 Å². The van der Waals surface area contributed by atoms with Gasteiger partial charge < -0.3 is 8.98 Å². The zero-order valence-electron chi connectivity index (χ0n) is 13.7. The molecule has 0 unspecified atom stereocenters. The second-order valence-corrected chi connectivity index (χ2v) is 5.55. The van der Waals surface area contributed by atoms with Crippen molar-refractivity contribution in [3.8, 4) is 11.6 Å². The fourth-order valence-electron chi connectivity index (χ4n) is 2.55. The van der Waals surface area contributed by atoms with E-state index in [1.54, 1.807) is 43.4 Å². The molecule has 8 heteroatoms. The number of aromatic nitrogens is 4. The minimum Gasteiger partial charge on any atom is -0.401 e. The summed E-state index contributed by atoms with van der Waals surface area (Å²) in [5, 5.41) is 10.1. The number of carbonyl (C=O) groups is 1. The molecule has 2 aromatic carbocycles. The van der Waals surface area contributed by atoms with Gasteiger partial charge in [-0.05, 0) is 24.3 Å². The standard InChI is InChI=1S/C18H13N5O3/c1-23-13-10-6-5-9-12(13)19-14(17(23)25)16-21-22-18(26-16)20-15(24)11-7-3-2-4-8-11/h2-10H,1H3,(H,20,22,24). The second-order valence-electron chi connectivity index (χ2n) is 5.55. The van der Waals surface area contributed by atoms with E-state index in [0.717, 1.165) is 0 Å². The predicted octanol–water partition coefficient (Wildman–Crippen LogP) is 2.24. The number of fused-ring (bicyclic) bond motifs is 1. The van der Waals surface area contributed by atoms with E-state index >= 15 is 0 Å². The average Bonchev–Trinajstić information content (AvgIpc) is 3.13. The quantitative estimate of drug-likeness (QED) is 0.610. The third-order valence-corrected chi connectivity index (χ3v) is 3.87. The lowest BCUT2D eigenvalue weighted by Gasteiger charge is -2.05. The molecular weight excluding hydrogens is 334 g/mol. The highest BCUT2D eigenvalue weighted by Gasteiger charge is 2.18. The molecular formula is C18H13N5O3. The van der Waals surface area contributed by atoms with E-state index in [1.807, 2.05) is 18.2 Å². The molecule has 0 aliphatic rings. The summed E-state index contributed by atoms with van der Waals surface area (Å²) in [5.74, 6) is -0.445. The van der Waals surface area contributed by atoms with Crippen molar-refractivity contribution in [1.82, 2.24) is 19.7 Å². The molecule has 4 aromatic rings. The Bertz CT molecular complexity index is 1160. The van der Waals surface area contributed by atoms with E-state index in [0.29, 0.717) is 16.6 Å². The summed E-state index contributed by atoms with van der Waals surface area (Å²) in [7, 11) is 1.64. The lowest BCUT2D eigenvalue weighted by molar-refractivity contribution is 0.102. The van der Waals surface area contributed by atoms with Crippen LogP contribution in [0.3, 0.4) is 0 Å². The zero-order valence-corrected chi connectivity index (χ0v) is 13.7. The topological polar surface area (TPSA) is 103 Å². The van der Waals surface area contributed by atoms with Crippen LogP contribution in [0.2, 0.25) is 0 Å². The normalized spacial score (nSPS) is 10.8. The minimum atomic E-state index is -0.389. The summed E-state index contributed by atoms with van der Waals surface area (Å²) < 4.78 is 6.88. The van der Waals surface area contributed by atoms with Crippen LogP contribution in [0.25, 0.3) is 22.6 Å². The summed E-state index contributed by atoms with van der Waals surface area (Å²) in [6, 6.07) is 15.7. The molecule has 0 bridgehead atoms. The minimum absolute atomic E-state index is 0.0268. The molecule has 4 rings (SSSR count). The molecule has 0 saturated carbocycles. The zero-order chi connectivity index (χ0) is 18.1. The molecule has 0 saturated heterocycles. The molecule has 2 aromatic heterocycles. The summed E-state index contributed by atoms with van der Waals surface area (Å²) in [5.41, 5.74) is 1.43. The highest BCUT2D eigenvalue weighted by atomic mass is 16.4. The van der Waals surface area contributed by atoms with Crippen LogP contribution in [-0.2, 0) is 7.05 Å². The number of benzene rings is 2. The number of nitrogens with zero attached hydrogens (tertiary/aromatic N) is 4. The van der Waals surface area contributed by atoms with Gasteiger partial charge in [-0.1, -0.05) is 35.4 Å². The highest BCUT2D eigenvalue weighted by molar-refractivity contribution is 6.03. The first kappa shape index (κ1) is 15.7. The maximum absolute atomic E-state index is 12.5. The van der Waals surface area contributed by atoms with Gasteiger partial charge in [0.2, 0.25) is 0 Å². The van der Waals surface area contributed by atoms with Crippen molar-refractivity contribution >= 4 is 23.0 Å². The second kappa shape index (κ2) is 6.25. The van der Waals surface area contributed by atoms with Crippen molar-refractivity contribution in [2.45, 2.75) is 0 Å². The largest absolute Gasteiger partial charge is 0.401 e. The number of nitrogens with one attached hydrogen (secondary N) is 1. The Labute approximate surface area is 147 Å². The van der Waals surface area contributed by atoms with E-state index in [9.17, 15) is 9.59 Å². The average molecular weight is 347 g/mol. The first-order chi connectivity index (χ1) is 12.6. The highest BCUT2D eigenvalue weighted by Crippen LogP contribution is 2.18. The Morgan fingerprint density at radius 2 is 1.77 bits per heavy atom. The fraction of sp³-hybridized carbons (Fsp3) is 0.0556. The number of hydrogen-bond acceptors (Lipinski definition) is 6. The van der Waals surface area contributed by atoms with Gasteiger partial charge in [-0.15, -0.1) is 5.10 Å². The summed E-state index contributed by atoms with van der Waals surface area (Å²) >= 11 is 0. The van der Waals surface area contributed by atoms with Crippen LogP contribution >= 0.6 is 0 Å². The van der Waals surface area contributed by atoms with Crippen LogP contribution in [0.15, 0.2) is 63.8 Å². The molecule has 0 aliphatic heterocycles. The summed E-state index contributed by atoms with van der Waals surface area (Å²) in [6.07, 6.45) is 0. The molecule has 0 fully saturated rings. The van der Waals surface area contributed by atoms with Crippen LogP contribution in [0.5, 0.6) is 0 Å². The number of hydrogen-bond donors (Lipinski definition) is 1. The molecule has 128 valence electrons. The number of carbonyl (C=O) groups excluding carboxylic acids is 1. The van der Waals surface area contributed by atoms with Crippen molar-refractivity contribution in [1.29, 1.82) is 0 Å². The maximum Gasteiger partial charge on any atom is 0.322 e. The van der Waals surface area contributed by atoms with Crippen LogP contribution in [0, 0.1) is 0 Å². The van der Waals surface area contributed by atoms with E-state index in [4.69, 9.17) is 4.42 Å². The van der Waals surface area contributed by atoms with Crippen molar-refractivity contribution in [2.24, 2.45) is 7.05 Å². The van der Waals surface area contributed by atoms with Crippen LogP contribution in [-0.4, -0.2) is 25.7 Å². The molecule has 26 heavy (non-hydrogen) atoms. The first-order valence-electron chi connectivity index (χ1n) is 7.79. The van der Waals surface area contributed by atoms with E-state index in [2.05, 4.69) is 20.5 Å². The molecule has 0 aliphatic carbocycles. The number of anilines is 1. The Hall–Kier alpha value is -3.81. The molecule has 8 nitrogen and oxygen atoms in total. The van der Waals surface area contributed by atoms with Gasteiger partial charge in [0.1, 0.15) is 0 Å². The summed E-state index contributed by atoms with van der Waals surface area (Å²) in [4.78, 5) is 29.0. The van der Waals surface area contributed by atoms with Crippen molar-refractivity contribution in [3.63, 3.8) is 0 Å². The number of amides is 1. The van der Waals surface area contributed by atoms with Crippen molar-refractivity contribution < 1.29 is 9.21 Å². The van der Waals surface area contributed by atoms with Crippen LogP contribution in [0.1, 0.15) is 10.4 Å². The lowest BCUT2D eigenvalue weighted by atomic mass is 10.2. The SMILES string of the molecule is Cn1c(=O)c(-c2nnc(NC(=O)c3ccccc3)o2)nc2ccccc21. The Kier molecular flexibility index (Phi) is 3.77. The van der Waals surface area contributed by atoms with Gasteiger partial charge in [0.25, 0.3) is 17.4 Å². The van der Waals surface area contributed by atoms with Gasteiger partial charge in [-0.25, -0.2) is 4.98 Å². The number of rotatable bonds is 3. The van der Waals surface area contributed by atoms with E-state index in [-0.39, 0.29) is 29.1 Å². The van der Waals surface area contributed by atoms with Gasteiger partial charge in [0.05, 0.1) is 11.0 Å². The number of aryl methyl sites for hydroxylation is 1. The molecule has 0 atom stereocenters. The fourth-order valence-corrected chi connectivity index (χ4v) is 2.55. The van der Waals surface area contributed by atoms with Gasteiger partial charge in [0, 0.05) is 12.6 Å². The molecule has 0 spiro atoms. The smallest absolute Gasteiger partial charge is 0.322 e. The Balaban J connectivity index is 1.68. The third kappa shape index (κ3) is 2.73. The van der Waals surface area contributed by atoms with Crippen LogP contribution < -0.4 is 10.9 Å². The monoisotopic (exact) mass is 347 g/mol. The molecule has 1 N–H and O–H groups in total. The van der Waals surface area contributed by atoms with E-state index in [1.165, 1.54) is 4.57 Å². The Morgan fingerprint density at radius 1 is 1.04 bits per heavy atom. The van der Waals surface area contributed by atoms with Crippen molar-refractivity contribution in [3.05, 3.63) is 70.5 Å². The van der Waals surface area contributed by atoms with E-state index < -0.39 is 0 Å². The van der Waals surface area contributed by atoms with Gasteiger partial charge >= 0.3 is 6.01 Å². The molecule has 2 heterocycles. The third-order valence-electron chi connectivity index (χ3n) is 3.87. The Morgan fingerprint density at radius 3 is 2.58 bits per heavy atom.